The highest BCUT2D eigenvalue weighted by Crippen LogP contribution is 2.38. The van der Waals surface area contributed by atoms with Crippen LogP contribution in [0, 0.1) is 0 Å². The van der Waals surface area contributed by atoms with Crippen LogP contribution in [-0.2, 0) is 41.9 Å². The number of nitrogens with zero attached hydrogens (tertiary/aromatic N) is 3. The Hall–Kier alpha value is -4.16. The molecule has 4 aromatic rings. The first-order valence-electron chi connectivity index (χ1n) is 14.6. The average Bonchev–Trinajstić information content (AvgIpc) is 3.62. The molecule has 12 heteroatoms. The second-order valence-corrected chi connectivity index (χ2v) is 12.2. The van der Waals surface area contributed by atoms with Crippen LogP contribution in [0.25, 0.3) is 0 Å². The fraction of sp³-hybridized carbons (Fsp3) is 0.344. The molecule has 1 aliphatic rings. The number of anilines is 1. The van der Waals surface area contributed by atoms with Crippen molar-refractivity contribution in [1.82, 2.24) is 20.1 Å². The van der Waals surface area contributed by atoms with Gasteiger partial charge in [-0.15, -0.1) is 21.5 Å². The minimum atomic E-state index is -0.392. The summed E-state index contributed by atoms with van der Waals surface area (Å²) in [7, 11) is 1.55. The Bertz CT molecular complexity index is 1620. The highest BCUT2D eigenvalue weighted by Gasteiger charge is 2.27. The van der Waals surface area contributed by atoms with Crippen LogP contribution < -0.4 is 15.4 Å². The number of aryl methyl sites for hydroxylation is 2. The van der Waals surface area contributed by atoms with Crippen molar-refractivity contribution in [1.29, 1.82) is 0 Å². The van der Waals surface area contributed by atoms with E-state index in [0.29, 0.717) is 39.4 Å². The van der Waals surface area contributed by atoms with Crippen LogP contribution >= 0.6 is 23.1 Å². The highest BCUT2D eigenvalue weighted by molar-refractivity contribution is 7.99. The van der Waals surface area contributed by atoms with Gasteiger partial charge in [-0.25, -0.2) is 4.79 Å². The van der Waals surface area contributed by atoms with Gasteiger partial charge in [0.25, 0.3) is 5.91 Å². The Balaban J connectivity index is 1.29. The molecule has 0 spiro atoms. The summed E-state index contributed by atoms with van der Waals surface area (Å²) >= 11 is 2.73. The molecule has 0 aliphatic heterocycles. The van der Waals surface area contributed by atoms with Gasteiger partial charge in [0, 0.05) is 17.0 Å². The van der Waals surface area contributed by atoms with E-state index >= 15 is 0 Å². The number of ether oxygens (including phenoxy) is 2. The van der Waals surface area contributed by atoms with Gasteiger partial charge in [-0.2, -0.15) is 0 Å². The van der Waals surface area contributed by atoms with E-state index in [4.69, 9.17) is 9.47 Å². The molecule has 230 valence electrons. The third-order valence-corrected chi connectivity index (χ3v) is 9.41. The van der Waals surface area contributed by atoms with Gasteiger partial charge in [0.15, 0.2) is 11.0 Å². The summed E-state index contributed by atoms with van der Waals surface area (Å²) in [4.78, 5) is 39.9. The van der Waals surface area contributed by atoms with Gasteiger partial charge in [-0.3, -0.25) is 9.59 Å². The van der Waals surface area contributed by atoms with Crippen molar-refractivity contribution in [3.8, 4) is 5.75 Å². The molecule has 0 saturated heterocycles. The van der Waals surface area contributed by atoms with Crippen LogP contribution in [-0.4, -0.2) is 52.0 Å². The largest absolute Gasteiger partial charge is 0.497 e. The summed E-state index contributed by atoms with van der Waals surface area (Å²) < 4.78 is 12.5. The number of hydrogen-bond donors (Lipinski definition) is 2. The van der Waals surface area contributed by atoms with Gasteiger partial charge < -0.3 is 24.7 Å². The fourth-order valence-electron chi connectivity index (χ4n) is 5.06. The molecular formula is C32H35N5O5S2. The van der Waals surface area contributed by atoms with E-state index in [1.807, 2.05) is 22.8 Å². The lowest BCUT2D eigenvalue weighted by Gasteiger charge is -2.12. The quantitative estimate of drug-likeness (QED) is 0.150. The summed E-state index contributed by atoms with van der Waals surface area (Å²) in [6.45, 7) is 2.77. The Morgan fingerprint density at radius 2 is 1.86 bits per heavy atom. The monoisotopic (exact) mass is 633 g/mol. The number of nitrogens with one attached hydrogen (secondary N) is 2. The Morgan fingerprint density at radius 3 is 2.66 bits per heavy atom. The van der Waals surface area contributed by atoms with Gasteiger partial charge in [0.2, 0.25) is 5.91 Å². The van der Waals surface area contributed by atoms with Gasteiger partial charge >= 0.3 is 5.97 Å². The van der Waals surface area contributed by atoms with Crippen molar-refractivity contribution in [2.45, 2.75) is 57.3 Å². The minimum Gasteiger partial charge on any atom is -0.497 e. The van der Waals surface area contributed by atoms with E-state index in [1.54, 1.807) is 38.3 Å². The van der Waals surface area contributed by atoms with E-state index in [9.17, 15) is 14.4 Å². The van der Waals surface area contributed by atoms with Crippen molar-refractivity contribution in [3.05, 3.63) is 87.6 Å². The van der Waals surface area contributed by atoms with Crippen molar-refractivity contribution < 1.29 is 23.9 Å². The lowest BCUT2D eigenvalue weighted by molar-refractivity contribution is -0.113. The first kappa shape index (κ1) is 31.3. The van der Waals surface area contributed by atoms with Crippen molar-refractivity contribution in [2.75, 3.05) is 24.8 Å². The van der Waals surface area contributed by atoms with E-state index in [0.717, 1.165) is 48.1 Å². The second kappa shape index (κ2) is 15.0. The fourth-order valence-corrected chi connectivity index (χ4v) is 7.14. The molecule has 2 amide bonds. The maximum atomic E-state index is 13.2. The zero-order valence-corrected chi connectivity index (χ0v) is 26.4. The number of hydrogen-bond acceptors (Lipinski definition) is 9. The number of aromatic nitrogens is 3. The molecule has 0 bridgehead atoms. The molecule has 1 aliphatic carbocycles. The molecule has 0 fully saturated rings. The summed E-state index contributed by atoms with van der Waals surface area (Å²) in [5, 5.41) is 15.7. The number of rotatable bonds is 13. The van der Waals surface area contributed by atoms with Crippen molar-refractivity contribution >= 4 is 45.9 Å². The van der Waals surface area contributed by atoms with Crippen LogP contribution in [0.4, 0.5) is 5.00 Å². The van der Waals surface area contributed by atoms with Crippen LogP contribution in [0.15, 0.2) is 59.8 Å². The highest BCUT2D eigenvalue weighted by atomic mass is 32.2. The standard InChI is InChI=1S/C32H35N5O5S2/c1-3-42-31(40)28-24-14-7-8-15-25(24)44-30(28)34-27(38)20-43-32-36-35-26(37(32)17-16-21-10-5-4-6-11-21)19-33-29(39)22-12-9-13-23(18-22)41-2/h4-6,9-13,18H,3,7-8,14-17,19-20H2,1-2H3,(H,33,39)(H,34,38). The maximum Gasteiger partial charge on any atom is 0.341 e. The third kappa shape index (κ3) is 7.67. The second-order valence-electron chi connectivity index (χ2n) is 10.2. The van der Waals surface area contributed by atoms with Crippen LogP contribution in [0.2, 0.25) is 0 Å². The van der Waals surface area contributed by atoms with Crippen LogP contribution in [0.1, 0.15) is 62.3 Å². The van der Waals surface area contributed by atoms with Crippen molar-refractivity contribution in [3.63, 3.8) is 0 Å². The molecule has 2 aromatic heterocycles. The number of carbonyl (C=O) groups is 3. The number of thiophene rings is 1. The third-order valence-electron chi connectivity index (χ3n) is 7.24. The Labute approximate surface area is 264 Å². The van der Waals surface area contributed by atoms with Crippen molar-refractivity contribution in [2.24, 2.45) is 0 Å². The molecule has 0 saturated carbocycles. The molecule has 2 heterocycles. The summed E-state index contributed by atoms with van der Waals surface area (Å²) in [6, 6.07) is 17.0. The van der Waals surface area contributed by atoms with Crippen LogP contribution in [0.3, 0.4) is 0 Å². The topological polar surface area (TPSA) is 124 Å². The summed E-state index contributed by atoms with van der Waals surface area (Å²) in [5.74, 6) is 0.352. The lowest BCUT2D eigenvalue weighted by atomic mass is 9.95. The molecular weight excluding hydrogens is 599 g/mol. The van der Waals surface area contributed by atoms with E-state index < -0.39 is 5.97 Å². The first-order chi connectivity index (χ1) is 21.5. The Kier molecular flexibility index (Phi) is 10.7. The maximum absolute atomic E-state index is 13.2. The SMILES string of the molecule is CCOC(=O)c1c(NC(=O)CSc2nnc(CNC(=O)c3cccc(OC)c3)n2CCc2ccccc2)sc2c1CCCC2. The first-order valence-corrected chi connectivity index (χ1v) is 16.4. The average molecular weight is 634 g/mol. The zero-order chi connectivity index (χ0) is 30.9. The predicted molar refractivity (Wildman–Crippen MR) is 171 cm³/mol. The molecule has 2 N–H and O–H groups in total. The normalized spacial score (nSPS) is 12.3. The summed E-state index contributed by atoms with van der Waals surface area (Å²) in [6.07, 6.45) is 4.52. The van der Waals surface area contributed by atoms with Gasteiger partial charge in [-0.1, -0.05) is 48.2 Å². The molecule has 0 radical (unpaired) electrons. The van der Waals surface area contributed by atoms with E-state index in [2.05, 4.69) is 33.0 Å². The van der Waals surface area contributed by atoms with Crippen LogP contribution in [0.5, 0.6) is 5.75 Å². The molecule has 0 unspecified atom stereocenters. The van der Waals surface area contributed by atoms with Gasteiger partial charge in [0.1, 0.15) is 10.8 Å². The molecule has 2 aromatic carbocycles. The molecule has 5 rings (SSSR count). The van der Waals surface area contributed by atoms with E-state index in [-0.39, 0.29) is 30.7 Å². The number of esters is 1. The molecule has 10 nitrogen and oxygen atoms in total. The zero-order valence-electron chi connectivity index (χ0n) is 24.8. The Morgan fingerprint density at radius 1 is 1.05 bits per heavy atom. The van der Waals surface area contributed by atoms with Gasteiger partial charge in [-0.05, 0) is 68.4 Å². The van der Waals surface area contributed by atoms with Gasteiger partial charge in [0.05, 0.1) is 31.6 Å². The number of amides is 2. The number of benzene rings is 2. The number of fused-ring (bicyclic) bond motifs is 1. The smallest absolute Gasteiger partial charge is 0.341 e. The number of carbonyl (C=O) groups excluding carboxylic acids is 3. The summed E-state index contributed by atoms with van der Waals surface area (Å²) in [5.41, 5.74) is 3.12. The lowest BCUT2D eigenvalue weighted by Crippen LogP contribution is -2.25. The molecule has 44 heavy (non-hydrogen) atoms. The molecule has 0 atom stereocenters. The number of methoxy groups -OCH3 is 1. The van der Waals surface area contributed by atoms with E-state index in [1.165, 1.54) is 23.1 Å². The minimum absolute atomic E-state index is 0.0739. The predicted octanol–water partition coefficient (Wildman–Crippen LogP) is 5.31. The number of thioether (sulfide) groups is 1.